The number of fused-ring (bicyclic) bond motifs is 1. The number of aromatic nitrogens is 1. The minimum atomic E-state index is -3.79. The largest absolute Gasteiger partial charge is 0.341 e. The van der Waals surface area contributed by atoms with E-state index < -0.39 is 21.9 Å². The normalized spacial score (nSPS) is 13.3. The van der Waals surface area contributed by atoms with Crippen molar-refractivity contribution in [3.63, 3.8) is 0 Å². The lowest BCUT2D eigenvalue weighted by Crippen LogP contribution is -2.28. The van der Waals surface area contributed by atoms with E-state index in [0.717, 1.165) is 5.52 Å². The van der Waals surface area contributed by atoms with Gasteiger partial charge in [0, 0.05) is 17.0 Å². The smallest absolute Gasteiger partial charge is 0.241 e. The van der Waals surface area contributed by atoms with Crippen molar-refractivity contribution < 1.29 is 12.8 Å². The predicted octanol–water partition coefficient (Wildman–Crippen LogP) is 4.49. The van der Waals surface area contributed by atoms with E-state index in [1.54, 1.807) is 23.6 Å². The lowest BCUT2D eigenvalue weighted by atomic mass is 10.2. The molecule has 4 nitrogen and oxygen atoms in total. The van der Waals surface area contributed by atoms with Crippen LogP contribution in [-0.2, 0) is 16.6 Å². The third-order valence-corrected chi connectivity index (χ3v) is 5.94. The van der Waals surface area contributed by atoms with Crippen molar-refractivity contribution in [3.05, 3.63) is 65.1 Å². The number of halogens is 2. The first-order valence-electron chi connectivity index (χ1n) is 7.89. The van der Waals surface area contributed by atoms with Crippen molar-refractivity contribution in [2.24, 2.45) is 0 Å². The van der Waals surface area contributed by atoms with E-state index in [2.05, 4.69) is 4.72 Å². The SMILES string of the molecule is CCn1c(C(C)NS(=O)(=O)c2ccc(Cl)cc2)c(F)c2ccccc21. The summed E-state index contributed by atoms with van der Waals surface area (Å²) in [7, 11) is -3.79. The number of para-hydroxylation sites is 1. The summed E-state index contributed by atoms with van der Waals surface area (Å²) in [5.41, 5.74) is 1.07. The van der Waals surface area contributed by atoms with Gasteiger partial charge in [-0.05, 0) is 50.2 Å². The van der Waals surface area contributed by atoms with Gasteiger partial charge in [0.1, 0.15) is 0 Å². The fraction of sp³-hybridized carbons (Fsp3) is 0.222. The Balaban J connectivity index is 2.01. The molecule has 0 amide bonds. The number of hydrogen-bond acceptors (Lipinski definition) is 2. The summed E-state index contributed by atoms with van der Waals surface area (Å²) in [5, 5.41) is 0.932. The third kappa shape index (κ3) is 3.29. The van der Waals surface area contributed by atoms with Gasteiger partial charge in [-0.3, -0.25) is 0 Å². The monoisotopic (exact) mass is 380 g/mol. The minimum absolute atomic E-state index is 0.0864. The molecule has 0 radical (unpaired) electrons. The van der Waals surface area contributed by atoms with Gasteiger partial charge in [-0.2, -0.15) is 0 Å². The number of rotatable bonds is 5. The van der Waals surface area contributed by atoms with Crippen LogP contribution in [0.1, 0.15) is 25.6 Å². The van der Waals surface area contributed by atoms with E-state index in [1.165, 1.54) is 24.3 Å². The Kier molecular flexibility index (Phi) is 4.86. The molecule has 3 aromatic rings. The number of sulfonamides is 1. The van der Waals surface area contributed by atoms with Crippen LogP contribution in [-0.4, -0.2) is 13.0 Å². The van der Waals surface area contributed by atoms with E-state index in [-0.39, 0.29) is 4.90 Å². The highest BCUT2D eigenvalue weighted by molar-refractivity contribution is 7.89. The first-order chi connectivity index (χ1) is 11.8. The highest BCUT2D eigenvalue weighted by Crippen LogP contribution is 2.30. The lowest BCUT2D eigenvalue weighted by Gasteiger charge is -2.17. The van der Waals surface area contributed by atoms with Crippen molar-refractivity contribution in [2.45, 2.75) is 31.3 Å². The molecule has 2 aromatic carbocycles. The molecule has 132 valence electrons. The van der Waals surface area contributed by atoms with Gasteiger partial charge < -0.3 is 4.57 Å². The van der Waals surface area contributed by atoms with Gasteiger partial charge in [-0.1, -0.05) is 23.7 Å². The van der Waals surface area contributed by atoms with E-state index >= 15 is 0 Å². The molecule has 0 fully saturated rings. The molecule has 1 atom stereocenters. The predicted molar refractivity (Wildman–Crippen MR) is 97.8 cm³/mol. The summed E-state index contributed by atoms with van der Waals surface area (Å²) in [6, 6.07) is 12.2. The Morgan fingerprint density at radius 2 is 1.80 bits per heavy atom. The standard InChI is InChI=1S/C18H18ClFN2O2S/c1-3-22-16-7-5-4-6-15(16)17(20)18(22)12(2)21-25(23,24)14-10-8-13(19)9-11-14/h4-12,21H,3H2,1-2H3. The van der Waals surface area contributed by atoms with Crippen molar-refractivity contribution in [2.75, 3.05) is 0 Å². The molecule has 25 heavy (non-hydrogen) atoms. The minimum Gasteiger partial charge on any atom is -0.341 e. The van der Waals surface area contributed by atoms with Crippen LogP contribution < -0.4 is 4.72 Å². The van der Waals surface area contributed by atoms with Gasteiger partial charge >= 0.3 is 0 Å². The Bertz CT molecular complexity index is 1010. The van der Waals surface area contributed by atoms with Crippen LogP contribution in [0.3, 0.4) is 0 Å². The molecule has 1 aromatic heterocycles. The maximum absolute atomic E-state index is 14.9. The number of aryl methyl sites for hydroxylation is 1. The summed E-state index contributed by atoms with van der Waals surface area (Å²) in [4.78, 5) is 0.0864. The zero-order valence-corrected chi connectivity index (χ0v) is 15.4. The quantitative estimate of drug-likeness (QED) is 0.708. The maximum atomic E-state index is 14.9. The van der Waals surface area contributed by atoms with E-state index in [0.29, 0.717) is 22.6 Å². The summed E-state index contributed by atoms with van der Waals surface area (Å²) in [5.74, 6) is -0.399. The van der Waals surface area contributed by atoms with Crippen molar-refractivity contribution in [1.29, 1.82) is 0 Å². The molecule has 0 bridgehead atoms. The van der Waals surface area contributed by atoms with Gasteiger partial charge in [0.05, 0.1) is 22.1 Å². The molecule has 0 spiro atoms. The fourth-order valence-corrected chi connectivity index (χ4v) is 4.35. The van der Waals surface area contributed by atoms with Crippen molar-refractivity contribution in [3.8, 4) is 0 Å². The summed E-state index contributed by atoms with van der Waals surface area (Å²) >= 11 is 5.80. The second-order valence-electron chi connectivity index (χ2n) is 5.76. The van der Waals surface area contributed by atoms with E-state index in [1.807, 2.05) is 19.1 Å². The van der Waals surface area contributed by atoms with Gasteiger partial charge in [-0.15, -0.1) is 0 Å². The zero-order valence-electron chi connectivity index (χ0n) is 13.8. The molecule has 1 N–H and O–H groups in total. The molecule has 0 saturated carbocycles. The summed E-state index contributed by atoms with van der Waals surface area (Å²) in [6.45, 7) is 4.07. The second-order valence-corrected chi connectivity index (χ2v) is 7.91. The summed E-state index contributed by atoms with van der Waals surface area (Å²) < 4.78 is 44.4. The first kappa shape index (κ1) is 17.9. The maximum Gasteiger partial charge on any atom is 0.241 e. The van der Waals surface area contributed by atoms with Crippen LogP contribution in [0, 0.1) is 5.82 Å². The van der Waals surface area contributed by atoms with Gasteiger partial charge in [0.25, 0.3) is 0 Å². The highest BCUT2D eigenvalue weighted by atomic mass is 35.5. The molecule has 0 aliphatic heterocycles. The molecule has 3 rings (SSSR count). The molecule has 0 aliphatic carbocycles. The molecule has 7 heteroatoms. The molecule has 0 saturated heterocycles. The van der Waals surface area contributed by atoms with E-state index in [9.17, 15) is 12.8 Å². The number of nitrogens with one attached hydrogen (secondary N) is 1. The van der Waals surface area contributed by atoms with Gasteiger partial charge in [0.2, 0.25) is 10.0 Å². The molecular formula is C18H18ClFN2O2S. The number of hydrogen-bond donors (Lipinski definition) is 1. The van der Waals surface area contributed by atoms with Crippen LogP contribution in [0.2, 0.25) is 5.02 Å². The average Bonchev–Trinajstić information content (AvgIpc) is 2.87. The fourth-order valence-electron chi connectivity index (χ4n) is 3.02. The van der Waals surface area contributed by atoms with Crippen LogP contribution in [0.15, 0.2) is 53.4 Å². The topological polar surface area (TPSA) is 51.1 Å². The van der Waals surface area contributed by atoms with Crippen molar-refractivity contribution in [1.82, 2.24) is 9.29 Å². The zero-order chi connectivity index (χ0) is 18.2. The van der Waals surface area contributed by atoms with Gasteiger partial charge in [-0.25, -0.2) is 17.5 Å². The molecular weight excluding hydrogens is 363 g/mol. The first-order valence-corrected chi connectivity index (χ1v) is 9.75. The molecule has 0 aliphatic rings. The van der Waals surface area contributed by atoms with Crippen molar-refractivity contribution >= 4 is 32.5 Å². The molecule has 1 heterocycles. The number of benzene rings is 2. The Hall–Kier alpha value is -1.89. The average molecular weight is 381 g/mol. The Labute approximate surface area is 151 Å². The van der Waals surface area contributed by atoms with Crippen LogP contribution in [0.4, 0.5) is 4.39 Å². The lowest BCUT2D eigenvalue weighted by molar-refractivity contribution is 0.529. The van der Waals surface area contributed by atoms with Crippen LogP contribution in [0.25, 0.3) is 10.9 Å². The number of nitrogens with zero attached hydrogens (tertiary/aromatic N) is 1. The van der Waals surface area contributed by atoms with Crippen LogP contribution in [0.5, 0.6) is 0 Å². The van der Waals surface area contributed by atoms with Crippen LogP contribution >= 0.6 is 11.6 Å². The Morgan fingerprint density at radius 1 is 1.16 bits per heavy atom. The highest BCUT2D eigenvalue weighted by Gasteiger charge is 2.25. The molecule has 1 unspecified atom stereocenters. The third-order valence-electron chi connectivity index (χ3n) is 4.13. The van der Waals surface area contributed by atoms with Gasteiger partial charge in [0.15, 0.2) is 5.82 Å². The summed E-state index contributed by atoms with van der Waals surface area (Å²) in [6.07, 6.45) is 0. The Morgan fingerprint density at radius 3 is 2.44 bits per heavy atom. The van der Waals surface area contributed by atoms with E-state index in [4.69, 9.17) is 11.6 Å². The second kappa shape index (κ2) is 6.78.